The van der Waals surface area contributed by atoms with Crippen molar-refractivity contribution < 1.29 is 19.1 Å². The summed E-state index contributed by atoms with van der Waals surface area (Å²) in [6.45, 7) is 4.31. The van der Waals surface area contributed by atoms with E-state index in [-0.39, 0.29) is 37.3 Å². The van der Waals surface area contributed by atoms with E-state index in [1.165, 1.54) is 6.07 Å². The molecule has 0 aliphatic heterocycles. The molecule has 0 fully saturated rings. The molecule has 0 unspecified atom stereocenters. The first-order valence-electron chi connectivity index (χ1n) is 6.86. The highest BCUT2D eigenvalue weighted by Crippen LogP contribution is 2.05. The molecule has 1 aromatic rings. The Balaban J connectivity index is 2.47. The zero-order valence-corrected chi connectivity index (χ0v) is 12.3. The lowest BCUT2D eigenvalue weighted by molar-refractivity contribution is -0.138. The van der Waals surface area contributed by atoms with Crippen LogP contribution in [0.5, 0.6) is 0 Å². The second-order valence-electron chi connectivity index (χ2n) is 5.08. The molecule has 2 N–H and O–H groups in total. The van der Waals surface area contributed by atoms with E-state index in [1.807, 2.05) is 13.8 Å². The van der Waals surface area contributed by atoms with Gasteiger partial charge in [-0.1, -0.05) is 18.2 Å². The number of nitrogens with zero attached hydrogens (tertiary/aromatic N) is 1. The lowest BCUT2D eigenvalue weighted by Gasteiger charge is -2.25. The van der Waals surface area contributed by atoms with E-state index in [9.17, 15) is 14.0 Å². The zero-order chi connectivity index (χ0) is 15.8. The van der Waals surface area contributed by atoms with Crippen molar-refractivity contribution in [1.29, 1.82) is 0 Å². The van der Waals surface area contributed by atoms with E-state index in [0.717, 1.165) is 0 Å². The third-order valence-electron chi connectivity index (χ3n) is 3.12. The molecule has 1 aromatic carbocycles. The van der Waals surface area contributed by atoms with Gasteiger partial charge < -0.3 is 10.4 Å². The Labute approximate surface area is 123 Å². The van der Waals surface area contributed by atoms with Crippen molar-refractivity contribution in [3.05, 3.63) is 35.6 Å². The lowest BCUT2D eigenvalue weighted by atomic mass is 10.2. The van der Waals surface area contributed by atoms with Crippen LogP contribution in [0.4, 0.5) is 4.39 Å². The number of carboxylic acids is 1. The predicted molar refractivity (Wildman–Crippen MR) is 77.2 cm³/mol. The van der Waals surface area contributed by atoms with Gasteiger partial charge in [0.15, 0.2) is 0 Å². The number of rotatable bonds is 8. The molecular weight excluding hydrogens is 275 g/mol. The normalized spacial score (nSPS) is 10.9. The minimum Gasteiger partial charge on any atom is -0.481 e. The van der Waals surface area contributed by atoms with Gasteiger partial charge >= 0.3 is 5.97 Å². The number of benzene rings is 1. The first-order chi connectivity index (χ1) is 9.90. The summed E-state index contributed by atoms with van der Waals surface area (Å²) in [5, 5.41) is 11.3. The number of carboxylic acid groups (broad SMARTS) is 1. The van der Waals surface area contributed by atoms with Gasteiger partial charge in [-0.2, -0.15) is 0 Å². The fourth-order valence-corrected chi connectivity index (χ4v) is 1.84. The molecule has 0 aliphatic carbocycles. The molecule has 116 valence electrons. The Morgan fingerprint density at radius 2 is 2.00 bits per heavy atom. The van der Waals surface area contributed by atoms with Gasteiger partial charge in [0.2, 0.25) is 5.91 Å². The lowest BCUT2D eigenvalue weighted by Crippen LogP contribution is -2.41. The largest absolute Gasteiger partial charge is 0.481 e. The van der Waals surface area contributed by atoms with Crippen LogP contribution in [-0.4, -0.2) is 41.0 Å². The predicted octanol–water partition coefficient (Wildman–Crippen LogP) is 1.63. The van der Waals surface area contributed by atoms with Crippen LogP contribution in [0, 0.1) is 5.82 Å². The van der Waals surface area contributed by atoms with Gasteiger partial charge in [-0.25, -0.2) is 4.39 Å². The minimum atomic E-state index is -0.896. The first-order valence-corrected chi connectivity index (χ1v) is 6.86. The number of carbonyl (C=O) groups excluding carboxylic acids is 1. The van der Waals surface area contributed by atoms with Crippen molar-refractivity contribution in [2.45, 2.75) is 32.9 Å². The van der Waals surface area contributed by atoms with Gasteiger partial charge in [-0.15, -0.1) is 0 Å². The Morgan fingerprint density at radius 3 is 2.57 bits per heavy atom. The summed E-state index contributed by atoms with van der Waals surface area (Å²) in [5.41, 5.74) is 0.424. The van der Waals surface area contributed by atoms with Gasteiger partial charge in [0.1, 0.15) is 5.82 Å². The number of halogens is 1. The quantitative estimate of drug-likeness (QED) is 0.765. The molecule has 0 heterocycles. The first kappa shape index (κ1) is 17.1. The monoisotopic (exact) mass is 296 g/mol. The number of amides is 1. The summed E-state index contributed by atoms with van der Waals surface area (Å²) in [6.07, 6.45) is -0.0151. The Bertz CT molecular complexity index is 492. The topological polar surface area (TPSA) is 69.6 Å². The van der Waals surface area contributed by atoms with Gasteiger partial charge in [0, 0.05) is 24.7 Å². The maximum absolute atomic E-state index is 13.4. The molecule has 5 nitrogen and oxygen atoms in total. The molecule has 0 atom stereocenters. The van der Waals surface area contributed by atoms with Crippen molar-refractivity contribution in [3.8, 4) is 0 Å². The van der Waals surface area contributed by atoms with Gasteiger partial charge in [-0.3, -0.25) is 14.5 Å². The smallest absolute Gasteiger partial charge is 0.304 e. The summed E-state index contributed by atoms with van der Waals surface area (Å²) in [7, 11) is 0. The average molecular weight is 296 g/mol. The van der Waals surface area contributed by atoms with Crippen molar-refractivity contribution in [2.24, 2.45) is 0 Å². The minimum absolute atomic E-state index is 0.0151. The van der Waals surface area contributed by atoms with Gasteiger partial charge in [0.05, 0.1) is 13.0 Å². The van der Waals surface area contributed by atoms with Crippen molar-refractivity contribution in [3.63, 3.8) is 0 Å². The maximum atomic E-state index is 13.4. The van der Waals surface area contributed by atoms with E-state index in [4.69, 9.17) is 5.11 Å². The summed E-state index contributed by atoms with van der Waals surface area (Å²) in [4.78, 5) is 24.2. The van der Waals surface area contributed by atoms with Crippen molar-refractivity contribution in [1.82, 2.24) is 10.2 Å². The molecule has 1 rings (SSSR count). The molecule has 0 saturated heterocycles. The van der Waals surface area contributed by atoms with Crippen LogP contribution in [-0.2, 0) is 16.1 Å². The number of nitrogens with one attached hydrogen (secondary N) is 1. The van der Waals surface area contributed by atoms with E-state index in [0.29, 0.717) is 12.1 Å². The summed E-state index contributed by atoms with van der Waals surface area (Å²) < 4.78 is 13.4. The molecule has 0 bridgehead atoms. The standard InChI is InChI=1S/C15H21FN2O3/c1-11(2)18(8-7-15(20)21)10-14(19)17-9-12-5-3-4-6-13(12)16/h3-6,11H,7-10H2,1-2H3,(H,17,19)(H,20,21). The Kier molecular flexibility index (Phi) is 6.81. The molecule has 0 saturated carbocycles. The second-order valence-corrected chi connectivity index (χ2v) is 5.08. The number of aliphatic carboxylic acids is 1. The Morgan fingerprint density at radius 1 is 1.33 bits per heavy atom. The fraction of sp³-hybridized carbons (Fsp3) is 0.467. The molecule has 0 spiro atoms. The molecule has 0 radical (unpaired) electrons. The van der Waals surface area contributed by atoms with E-state index < -0.39 is 5.97 Å². The zero-order valence-electron chi connectivity index (χ0n) is 12.3. The van der Waals surface area contributed by atoms with Crippen LogP contribution >= 0.6 is 0 Å². The molecule has 0 aliphatic rings. The average Bonchev–Trinajstić information content (AvgIpc) is 2.42. The van der Waals surface area contributed by atoms with E-state index >= 15 is 0 Å². The highest BCUT2D eigenvalue weighted by Gasteiger charge is 2.15. The van der Waals surface area contributed by atoms with Crippen molar-refractivity contribution >= 4 is 11.9 Å². The van der Waals surface area contributed by atoms with Crippen LogP contribution in [0.25, 0.3) is 0 Å². The molecule has 1 amide bonds. The molecule has 21 heavy (non-hydrogen) atoms. The van der Waals surface area contributed by atoms with E-state index in [1.54, 1.807) is 23.1 Å². The Hall–Kier alpha value is -1.95. The molecule has 6 heteroatoms. The van der Waals surface area contributed by atoms with Crippen LogP contribution in [0.1, 0.15) is 25.8 Å². The summed E-state index contributed by atoms with van der Waals surface area (Å²) in [5.74, 6) is -1.51. The van der Waals surface area contributed by atoms with Crippen molar-refractivity contribution in [2.75, 3.05) is 13.1 Å². The molecular formula is C15H21FN2O3. The van der Waals surface area contributed by atoms with Crippen LogP contribution in [0.2, 0.25) is 0 Å². The number of carbonyl (C=O) groups is 2. The number of hydrogen-bond acceptors (Lipinski definition) is 3. The maximum Gasteiger partial charge on any atom is 0.304 e. The van der Waals surface area contributed by atoms with Crippen LogP contribution in [0.15, 0.2) is 24.3 Å². The third kappa shape index (κ3) is 6.35. The summed E-state index contributed by atoms with van der Waals surface area (Å²) in [6, 6.07) is 6.31. The third-order valence-corrected chi connectivity index (χ3v) is 3.12. The highest BCUT2D eigenvalue weighted by molar-refractivity contribution is 5.78. The highest BCUT2D eigenvalue weighted by atomic mass is 19.1. The van der Waals surface area contributed by atoms with Crippen LogP contribution in [0.3, 0.4) is 0 Å². The van der Waals surface area contributed by atoms with Crippen LogP contribution < -0.4 is 5.32 Å². The SMILES string of the molecule is CC(C)N(CCC(=O)O)CC(=O)NCc1ccccc1F. The number of hydrogen-bond donors (Lipinski definition) is 2. The van der Waals surface area contributed by atoms with Gasteiger partial charge in [0.25, 0.3) is 0 Å². The fourth-order valence-electron chi connectivity index (χ4n) is 1.84. The summed E-state index contributed by atoms with van der Waals surface area (Å²) >= 11 is 0. The molecule has 0 aromatic heterocycles. The van der Waals surface area contributed by atoms with Gasteiger partial charge in [-0.05, 0) is 19.9 Å². The van der Waals surface area contributed by atoms with E-state index in [2.05, 4.69) is 5.32 Å². The second kappa shape index (κ2) is 8.36.